The average Bonchev–Trinajstić information content (AvgIpc) is 2.76. The van der Waals surface area contributed by atoms with Gasteiger partial charge in [-0.1, -0.05) is 0 Å². The molecule has 0 saturated carbocycles. The summed E-state index contributed by atoms with van der Waals surface area (Å²) >= 11 is 1.69. The minimum Gasteiger partial charge on any atom is -0.497 e. The molecule has 0 saturated heterocycles. The Kier molecular flexibility index (Phi) is 1.89. The highest BCUT2D eigenvalue weighted by Gasteiger charge is 2.18. The van der Waals surface area contributed by atoms with Crippen LogP contribution in [-0.4, -0.2) is 12.1 Å². The summed E-state index contributed by atoms with van der Waals surface area (Å²) in [5.74, 6) is 0.875. The maximum atomic E-state index is 5.19. The largest absolute Gasteiger partial charge is 0.497 e. The summed E-state index contributed by atoms with van der Waals surface area (Å²) < 4.78 is 5.19. The van der Waals surface area contributed by atoms with Crippen molar-refractivity contribution >= 4 is 17.0 Å². The van der Waals surface area contributed by atoms with Gasteiger partial charge in [0.05, 0.1) is 29.7 Å². The molecule has 0 radical (unpaired) electrons. The Morgan fingerprint density at radius 1 is 1.47 bits per heavy atom. The van der Waals surface area contributed by atoms with Gasteiger partial charge in [-0.05, 0) is 12.1 Å². The van der Waals surface area contributed by atoms with Gasteiger partial charge in [0.2, 0.25) is 0 Å². The van der Waals surface area contributed by atoms with Gasteiger partial charge >= 0.3 is 0 Å². The van der Waals surface area contributed by atoms with Crippen LogP contribution < -0.4 is 10.1 Å². The Bertz CT molecular complexity index is 507. The standard InChI is InChI=1S/C11H10N2OS/c1-14-7-2-3-8-9(4-7)12-5-10-11(8)13-6-15-10/h2-4,6,12H,5H2,1H3. The van der Waals surface area contributed by atoms with Gasteiger partial charge in [-0.3, -0.25) is 0 Å². The second-order valence-electron chi connectivity index (χ2n) is 3.39. The molecule has 76 valence electrons. The predicted molar refractivity (Wildman–Crippen MR) is 61.4 cm³/mol. The third kappa shape index (κ3) is 1.29. The highest BCUT2D eigenvalue weighted by molar-refractivity contribution is 7.10. The van der Waals surface area contributed by atoms with Crippen LogP contribution in [0.3, 0.4) is 0 Å². The number of hydrogen-bond donors (Lipinski definition) is 1. The molecule has 1 aliphatic heterocycles. The van der Waals surface area contributed by atoms with Crippen molar-refractivity contribution in [2.75, 3.05) is 12.4 Å². The Morgan fingerprint density at radius 2 is 2.40 bits per heavy atom. The van der Waals surface area contributed by atoms with E-state index in [1.165, 1.54) is 10.4 Å². The SMILES string of the molecule is COc1ccc2c(c1)NCc1scnc1-2. The molecule has 3 rings (SSSR count). The Balaban J connectivity index is 2.18. The van der Waals surface area contributed by atoms with Crippen molar-refractivity contribution in [1.82, 2.24) is 4.98 Å². The Labute approximate surface area is 91.7 Å². The van der Waals surface area contributed by atoms with Crippen molar-refractivity contribution in [2.24, 2.45) is 0 Å². The number of anilines is 1. The van der Waals surface area contributed by atoms with Crippen molar-refractivity contribution in [3.63, 3.8) is 0 Å². The van der Waals surface area contributed by atoms with E-state index in [0.717, 1.165) is 23.7 Å². The molecule has 0 atom stereocenters. The first-order valence-electron chi connectivity index (χ1n) is 4.73. The normalized spacial score (nSPS) is 12.6. The molecule has 2 aromatic rings. The molecule has 1 aliphatic rings. The number of aromatic nitrogens is 1. The molecular weight excluding hydrogens is 208 g/mol. The minimum absolute atomic E-state index is 0.861. The average molecular weight is 218 g/mol. The number of benzene rings is 1. The first-order valence-corrected chi connectivity index (χ1v) is 5.61. The molecule has 0 fully saturated rings. The van der Waals surface area contributed by atoms with Crippen LogP contribution in [-0.2, 0) is 6.54 Å². The van der Waals surface area contributed by atoms with E-state index in [4.69, 9.17) is 4.74 Å². The second kappa shape index (κ2) is 3.24. The van der Waals surface area contributed by atoms with Gasteiger partial charge in [0.1, 0.15) is 5.75 Å². The smallest absolute Gasteiger partial charge is 0.120 e. The number of methoxy groups -OCH3 is 1. The van der Waals surface area contributed by atoms with Crippen LogP contribution in [0, 0.1) is 0 Å². The van der Waals surface area contributed by atoms with Gasteiger partial charge in [-0.15, -0.1) is 11.3 Å². The molecule has 0 aliphatic carbocycles. The number of ether oxygens (including phenoxy) is 1. The van der Waals surface area contributed by atoms with Gasteiger partial charge in [0.25, 0.3) is 0 Å². The predicted octanol–water partition coefficient (Wildman–Crippen LogP) is 2.74. The van der Waals surface area contributed by atoms with Gasteiger partial charge in [0, 0.05) is 17.3 Å². The fourth-order valence-corrected chi connectivity index (χ4v) is 2.51. The van der Waals surface area contributed by atoms with Gasteiger partial charge in [-0.2, -0.15) is 0 Å². The minimum atomic E-state index is 0.861. The van der Waals surface area contributed by atoms with E-state index in [1.807, 2.05) is 17.6 Å². The molecule has 1 N–H and O–H groups in total. The van der Waals surface area contributed by atoms with Crippen LogP contribution in [0.25, 0.3) is 11.3 Å². The Hall–Kier alpha value is -1.55. The van der Waals surface area contributed by atoms with E-state index in [2.05, 4.69) is 16.4 Å². The van der Waals surface area contributed by atoms with Crippen molar-refractivity contribution in [3.05, 3.63) is 28.6 Å². The molecule has 0 unspecified atom stereocenters. The molecule has 1 aromatic heterocycles. The lowest BCUT2D eigenvalue weighted by molar-refractivity contribution is 0.415. The maximum absolute atomic E-state index is 5.19. The van der Waals surface area contributed by atoms with Crippen molar-refractivity contribution < 1.29 is 4.74 Å². The van der Waals surface area contributed by atoms with Gasteiger partial charge in [-0.25, -0.2) is 4.98 Å². The van der Waals surface area contributed by atoms with Crippen LogP contribution in [0.4, 0.5) is 5.69 Å². The number of hydrogen-bond acceptors (Lipinski definition) is 4. The first-order chi connectivity index (χ1) is 7.38. The summed E-state index contributed by atoms with van der Waals surface area (Å²) in [5, 5.41) is 3.37. The van der Waals surface area contributed by atoms with Crippen LogP contribution in [0.15, 0.2) is 23.7 Å². The third-order valence-corrected chi connectivity index (χ3v) is 3.40. The zero-order chi connectivity index (χ0) is 10.3. The highest BCUT2D eigenvalue weighted by atomic mass is 32.1. The molecule has 0 amide bonds. The van der Waals surface area contributed by atoms with E-state index in [9.17, 15) is 0 Å². The van der Waals surface area contributed by atoms with Gasteiger partial charge in [0.15, 0.2) is 0 Å². The highest BCUT2D eigenvalue weighted by Crippen LogP contribution is 2.37. The number of nitrogens with zero attached hydrogens (tertiary/aromatic N) is 1. The number of fused-ring (bicyclic) bond motifs is 3. The fourth-order valence-electron chi connectivity index (χ4n) is 1.79. The third-order valence-electron chi connectivity index (χ3n) is 2.56. The lowest BCUT2D eigenvalue weighted by atomic mass is 10.1. The molecule has 0 bridgehead atoms. The zero-order valence-corrected chi connectivity index (χ0v) is 9.10. The van der Waals surface area contributed by atoms with Crippen molar-refractivity contribution in [1.29, 1.82) is 0 Å². The second-order valence-corrected chi connectivity index (χ2v) is 4.33. The monoisotopic (exact) mass is 218 g/mol. The van der Waals surface area contributed by atoms with Crippen LogP contribution in [0.5, 0.6) is 5.75 Å². The zero-order valence-electron chi connectivity index (χ0n) is 8.28. The molecule has 15 heavy (non-hydrogen) atoms. The molecule has 4 heteroatoms. The maximum Gasteiger partial charge on any atom is 0.120 e. The van der Waals surface area contributed by atoms with Gasteiger partial charge < -0.3 is 10.1 Å². The Morgan fingerprint density at radius 3 is 3.27 bits per heavy atom. The lowest BCUT2D eigenvalue weighted by Crippen LogP contribution is -2.06. The summed E-state index contributed by atoms with van der Waals surface area (Å²) in [4.78, 5) is 5.69. The number of thiazole rings is 1. The van der Waals surface area contributed by atoms with Crippen LogP contribution >= 0.6 is 11.3 Å². The molecule has 2 heterocycles. The molecule has 3 nitrogen and oxygen atoms in total. The summed E-state index contributed by atoms with van der Waals surface area (Å²) in [5.41, 5.74) is 5.27. The molecular formula is C11H10N2OS. The molecule has 1 aromatic carbocycles. The molecule has 0 spiro atoms. The summed E-state index contributed by atoms with van der Waals surface area (Å²) in [6, 6.07) is 6.03. The van der Waals surface area contributed by atoms with Crippen molar-refractivity contribution in [2.45, 2.75) is 6.54 Å². The van der Waals surface area contributed by atoms with Crippen LogP contribution in [0.2, 0.25) is 0 Å². The summed E-state index contributed by atoms with van der Waals surface area (Å²) in [6.07, 6.45) is 0. The van der Waals surface area contributed by atoms with E-state index in [0.29, 0.717) is 0 Å². The lowest BCUT2D eigenvalue weighted by Gasteiger charge is -2.17. The summed E-state index contributed by atoms with van der Waals surface area (Å²) in [7, 11) is 1.68. The van der Waals surface area contributed by atoms with E-state index in [-0.39, 0.29) is 0 Å². The van der Waals surface area contributed by atoms with E-state index < -0.39 is 0 Å². The fraction of sp³-hybridized carbons (Fsp3) is 0.182. The quantitative estimate of drug-likeness (QED) is 0.799. The topological polar surface area (TPSA) is 34.1 Å². The van der Waals surface area contributed by atoms with Crippen LogP contribution in [0.1, 0.15) is 4.88 Å². The first kappa shape index (κ1) is 8.73. The summed E-state index contributed by atoms with van der Waals surface area (Å²) in [6.45, 7) is 0.861. The van der Waals surface area contributed by atoms with Crippen molar-refractivity contribution in [3.8, 4) is 17.0 Å². The number of nitrogens with one attached hydrogen (secondary N) is 1. The number of rotatable bonds is 1. The van der Waals surface area contributed by atoms with E-state index >= 15 is 0 Å². The van der Waals surface area contributed by atoms with E-state index in [1.54, 1.807) is 18.4 Å².